The highest BCUT2D eigenvalue weighted by Gasteiger charge is 2.19. The van der Waals surface area contributed by atoms with E-state index in [1.807, 2.05) is 0 Å². The summed E-state index contributed by atoms with van der Waals surface area (Å²) in [7, 11) is 1.68. The number of carboxylic acid groups (broad SMARTS) is 1. The van der Waals surface area contributed by atoms with Crippen LogP contribution in [0, 0.1) is 0 Å². The molecule has 0 radical (unpaired) electrons. The van der Waals surface area contributed by atoms with Gasteiger partial charge in [0.2, 0.25) is 0 Å². The Bertz CT molecular complexity index is 190. The second kappa shape index (κ2) is 16.4. The van der Waals surface area contributed by atoms with E-state index < -0.39 is 6.47 Å². The molecule has 0 spiro atoms. The Balaban J connectivity index is 0. The maximum Gasteiger partial charge on any atom is 0.102 e. The van der Waals surface area contributed by atoms with Gasteiger partial charge in [-0.1, -0.05) is 0 Å². The van der Waals surface area contributed by atoms with Crippen LogP contribution in [0.1, 0.15) is 20.8 Å². The number of likely N-dealkylation sites (N-methyl/N-ethyl adjacent to an activating group) is 1. The highest BCUT2D eigenvalue weighted by atomic mass is 16.5. The van der Waals surface area contributed by atoms with Crippen molar-refractivity contribution in [2.75, 3.05) is 66.3 Å². The molecule has 0 aliphatic carbocycles. The molecule has 0 aromatic heterocycles. The number of hydrogen-bond donors (Lipinski definition) is 0. The van der Waals surface area contributed by atoms with Crippen molar-refractivity contribution in [3.8, 4) is 0 Å². The summed E-state index contributed by atoms with van der Waals surface area (Å²) in [6.07, 6.45) is 0. The van der Waals surface area contributed by atoms with Crippen molar-refractivity contribution in [3.63, 3.8) is 0 Å². The van der Waals surface area contributed by atoms with Gasteiger partial charge in [0.15, 0.2) is 0 Å². The molecule has 6 nitrogen and oxygen atoms in total. The maximum absolute atomic E-state index is 8.25. The number of methoxy groups -OCH3 is 1. The largest absolute Gasteiger partial charge is 0.554 e. The molecule has 0 atom stereocenters. The highest BCUT2D eigenvalue weighted by molar-refractivity contribution is 5.29. The van der Waals surface area contributed by atoms with Gasteiger partial charge in [-0.15, -0.1) is 0 Å². The van der Waals surface area contributed by atoms with E-state index in [1.165, 1.54) is 19.6 Å². The van der Waals surface area contributed by atoms with Crippen LogP contribution in [0.15, 0.2) is 0 Å². The monoisotopic (exact) mass is 293 g/mol. The summed E-state index contributed by atoms with van der Waals surface area (Å²) < 4.78 is 17.0. The number of rotatable bonds is 12. The molecule has 0 N–H and O–H groups in total. The number of hydrogen-bond acceptors (Lipinski definition) is 5. The number of ether oxygens (including phenoxy) is 3. The number of carbonyl (C=O) groups is 1. The third kappa shape index (κ3) is 12.3. The molecule has 0 rings (SSSR count). The first kappa shape index (κ1) is 21.6. The first-order valence-electron chi connectivity index (χ1n) is 7.21. The molecule has 0 aliphatic rings. The zero-order valence-electron chi connectivity index (χ0n) is 13.4. The standard InChI is InChI=1S/C13H30NO3.CH2O2/c1-5-14(6-2,7-3)8-9-16-12-13-17-11-10-15-4;2-1-3/h5-13H2,1-4H3;1H,(H,2,3)/q+1;/p-1. The van der Waals surface area contributed by atoms with Crippen LogP contribution in [0.3, 0.4) is 0 Å². The first-order chi connectivity index (χ1) is 9.66. The van der Waals surface area contributed by atoms with Crippen molar-refractivity contribution in [1.82, 2.24) is 0 Å². The Kier molecular flexibility index (Phi) is 17.7. The van der Waals surface area contributed by atoms with Crippen molar-refractivity contribution >= 4 is 6.47 Å². The summed E-state index contributed by atoms with van der Waals surface area (Å²) in [4.78, 5) is 8.25. The lowest BCUT2D eigenvalue weighted by molar-refractivity contribution is -0.923. The smallest absolute Gasteiger partial charge is 0.102 e. The number of nitrogens with zero attached hydrogens (tertiary/aromatic N) is 1. The van der Waals surface area contributed by atoms with Gasteiger partial charge in [0.25, 0.3) is 0 Å². The second-order valence-corrected chi connectivity index (χ2v) is 4.33. The highest BCUT2D eigenvalue weighted by Crippen LogP contribution is 2.04. The van der Waals surface area contributed by atoms with E-state index in [0.717, 1.165) is 17.6 Å². The summed E-state index contributed by atoms with van der Waals surface area (Å²) in [5.74, 6) is 0. The van der Waals surface area contributed by atoms with E-state index in [1.54, 1.807) is 7.11 Å². The molecule has 0 fully saturated rings. The van der Waals surface area contributed by atoms with Crippen LogP contribution in [0.5, 0.6) is 0 Å². The molecular weight excluding hydrogens is 262 g/mol. The van der Waals surface area contributed by atoms with Crippen LogP contribution in [0.4, 0.5) is 0 Å². The Hall–Kier alpha value is -0.690. The predicted molar refractivity (Wildman–Crippen MR) is 76.3 cm³/mol. The van der Waals surface area contributed by atoms with Crippen LogP contribution < -0.4 is 5.11 Å². The molecule has 6 heteroatoms. The SMILES string of the molecule is CC[N+](CC)(CC)CCOCCOCCOC.O=C[O-]. The summed E-state index contributed by atoms with van der Waals surface area (Å²) in [5.41, 5.74) is 0. The Labute approximate surface area is 123 Å². The van der Waals surface area contributed by atoms with Crippen molar-refractivity contribution in [2.45, 2.75) is 20.8 Å². The molecule has 0 aromatic carbocycles. The number of quaternary nitrogens is 1. The van der Waals surface area contributed by atoms with Gasteiger partial charge < -0.3 is 28.6 Å². The molecule has 0 aliphatic heterocycles. The van der Waals surface area contributed by atoms with E-state index in [-0.39, 0.29) is 0 Å². The van der Waals surface area contributed by atoms with Gasteiger partial charge in [-0.25, -0.2) is 0 Å². The molecule has 0 saturated heterocycles. The van der Waals surface area contributed by atoms with Gasteiger partial charge in [-0.2, -0.15) is 0 Å². The minimum absolute atomic E-state index is 0.500. The molecule has 0 amide bonds. The average molecular weight is 293 g/mol. The molecule has 0 unspecified atom stereocenters. The molecular formula is C14H31NO5. The fourth-order valence-corrected chi connectivity index (χ4v) is 1.87. The van der Waals surface area contributed by atoms with Crippen LogP contribution >= 0.6 is 0 Å². The van der Waals surface area contributed by atoms with Crippen molar-refractivity contribution in [3.05, 3.63) is 0 Å². The third-order valence-corrected chi connectivity index (χ3v) is 3.53. The summed E-state index contributed by atoms with van der Waals surface area (Å²) in [6, 6.07) is 0. The van der Waals surface area contributed by atoms with Gasteiger partial charge in [-0.3, -0.25) is 0 Å². The molecule has 0 heterocycles. The zero-order valence-corrected chi connectivity index (χ0v) is 13.4. The van der Waals surface area contributed by atoms with Gasteiger partial charge >= 0.3 is 0 Å². The van der Waals surface area contributed by atoms with Crippen molar-refractivity contribution in [2.24, 2.45) is 0 Å². The maximum atomic E-state index is 8.25. The lowest BCUT2D eigenvalue weighted by Crippen LogP contribution is -2.49. The van der Waals surface area contributed by atoms with E-state index in [0.29, 0.717) is 26.4 Å². The summed E-state index contributed by atoms with van der Waals surface area (Å²) in [6.45, 7) is 14.4. The van der Waals surface area contributed by atoms with Crippen molar-refractivity contribution < 1.29 is 28.6 Å². The summed E-state index contributed by atoms with van der Waals surface area (Å²) in [5, 5.41) is 8.25. The van der Waals surface area contributed by atoms with Gasteiger partial charge in [0.1, 0.15) is 6.54 Å². The van der Waals surface area contributed by atoms with Gasteiger partial charge in [0, 0.05) is 13.6 Å². The van der Waals surface area contributed by atoms with Gasteiger partial charge in [0.05, 0.1) is 52.7 Å². The Morgan fingerprint density at radius 2 is 1.30 bits per heavy atom. The quantitative estimate of drug-likeness (QED) is 0.286. The van der Waals surface area contributed by atoms with Crippen molar-refractivity contribution in [1.29, 1.82) is 0 Å². The fourth-order valence-electron chi connectivity index (χ4n) is 1.87. The van der Waals surface area contributed by atoms with Crippen LogP contribution in [0.2, 0.25) is 0 Å². The number of carbonyl (C=O) groups excluding carboxylic acids is 1. The minimum atomic E-state index is -0.500. The van der Waals surface area contributed by atoms with E-state index in [2.05, 4.69) is 20.8 Å². The predicted octanol–water partition coefficient (Wildman–Crippen LogP) is -0.0914. The average Bonchev–Trinajstić information content (AvgIpc) is 2.47. The lowest BCUT2D eigenvalue weighted by atomic mass is 10.3. The summed E-state index contributed by atoms with van der Waals surface area (Å²) >= 11 is 0. The van der Waals surface area contributed by atoms with E-state index in [9.17, 15) is 0 Å². The zero-order chi connectivity index (χ0) is 15.7. The Morgan fingerprint density at radius 1 is 0.900 bits per heavy atom. The minimum Gasteiger partial charge on any atom is -0.554 e. The van der Waals surface area contributed by atoms with E-state index >= 15 is 0 Å². The van der Waals surface area contributed by atoms with Crippen LogP contribution in [0.25, 0.3) is 0 Å². The molecule has 0 aromatic rings. The van der Waals surface area contributed by atoms with Crippen LogP contribution in [-0.4, -0.2) is 77.3 Å². The fraction of sp³-hybridized carbons (Fsp3) is 0.929. The normalized spacial score (nSPS) is 10.8. The first-order valence-corrected chi connectivity index (χ1v) is 7.21. The Morgan fingerprint density at radius 3 is 1.70 bits per heavy atom. The van der Waals surface area contributed by atoms with Gasteiger partial charge in [-0.05, 0) is 20.8 Å². The van der Waals surface area contributed by atoms with Crippen LogP contribution in [-0.2, 0) is 19.0 Å². The molecule has 0 saturated carbocycles. The van der Waals surface area contributed by atoms with E-state index in [4.69, 9.17) is 24.1 Å². The third-order valence-electron chi connectivity index (χ3n) is 3.53. The second-order valence-electron chi connectivity index (χ2n) is 4.33. The topological polar surface area (TPSA) is 67.8 Å². The molecule has 122 valence electrons. The molecule has 0 bridgehead atoms. The molecule has 20 heavy (non-hydrogen) atoms. The lowest BCUT2D eigenvalue weighted by Gasteiger charge is -2.35.